The molecule has 0 aliphatic rings. The van der Waals surface area contributed by atoms with Crippen LogP contribution in [0.5, 0.6) is 0 Å². The van der Waals surface area contributed by atoms with Crippen molar-refractivity contribution in [3.8, 4) is 0 Å². The maximum atomic E-state index is 10.2. The summed E-state index contributed by atoms with van der Waals surface area (Å²) in [6.07, 6.45) is 2.16. The molecule has 0 aromatic carbocycles. The minimum Gasteiger partial charge on any atom is -0.301 e. The maximum Gasteiger partial charge on any atom is 0.142 e. The van der Waals surface area contributed by atoms with Crippen molar-refractivity contribution in [3.05, 3.63) is 29.0 Å². The zero-order valence-corrected chi connectivity index (χ0v) is 7.01. The van der Waals surface area contributed by atoms with Crippen LogP contribution in [0.4, 0.5) is 0 Å². The second-order valence-electron chi connectivity index (χ2n) is 1.95. The Kier molecular flexibility index (Phi) is 2.85. The number of carbonyl (C=O) groups excluding carboxylic acids is 1. The predicted molar refractivity (Wildman–Crippen MR) is 43.9 cm³/mol. The minimum absolute atomic E-state index is 0.343. The van der Waals surface area contributed by atoms with Crippen molar-refractivity contribution >= 4 is 29.5 Å². The van der Waals surface area contributed by atoms with Gasteiger partial charge in [0.15, 0.2) is 0 Å². The largest absolute Gasteiger partial charge is 0.301 e. The SMILES string of the molecule is O=C[C@@H](Cl)c1ccnc(Cl)c1. The Morgan fingerprint density at radius 3 is 2.91 bits per heavy atom. The van der Waals surface area contributed by atoms with Crippen molar-refractivity contribution in [1.29, 1.82) is 0 Å². The summed E-state index contributed by atoms with van der Waals surface area (Å²) in [5.74, 6) is 0. The number of hydrogen-bond donors (Lipinski definition) is 0. The van der Waals surface area contributed by atoms with Crippen molar-refractivity contribution < 1.29 is 4.79 Å². The van der Waals surface area contributed by atoms with Gasteiger partial charge in [0.1, 0.15) is 16.8 Å². The second kappa shape index (κ2) is 3.69. The van der Waals surface area contributed by atoms with E-state index in [1.165, 1.54) is 6.20 Å². The van der Waals surface area contributed by atoms with E-state index in [1.807, 2.05) is 0 Å². The van der Waals surface area contributed by atoms with E-state index in [2.05, 4.69) is 4.98 Å². The van der Waals surface area contributed by atoms with Gasteiger partial charge in [0.05, 0.1) is 0 Å². The average Bonchev–Trinajstić information content (AvgIpc) is 2.03. The van der Waals surface area contributed by atoms with Crippen molar-refractivity contribution in [1.82, 2.24) is 4.98 Å². The molecule has 0 amide bonds. The number of pyridine rings is 1. The molecular weight excluding hydrogens is 185 g/mol. The van der Waals surface area contributed by atoms with Crippen molar-refractivity contribution in [2.45, 2.75) is 5.38 Å². The molecule has 0 spiro atoms. The molecular formula is C7H5Cl2NO. The van der Waals surface area contributed by atoms with Crippen LogP contribution >= 0.6 is 23.2 Å². The summed E-state index contributed by atoms with van der Waals surface area (Å²) in [7, 11) is 0. The Labute approximate surface area is 74.1 Å². The number of alkyl halides is 1. The number of rotatable bonds is 2. The molecule has 1 aromatic rings. The topological polar surface area (TPSA) is 30.0 Å². The molecule has 1 heterocycles. The highest BCUT2D eigenvalue weighted by molar-refractivity contribution is 6.30. The van der Waals surface area contributed by atoms with Crippen LogP contribution in [-0.4, -0.2) is 11.3 Å². The molecule has 2 nitrogen and oxygen atoms in total. The van der Waals surface area contributed by atoms with Crippen molar-refractivity contribution in [2.75, 3.05) is 0 Å². The first kappa shape index (κ1) is 8.50. The zero-order chi connectivity index (χ0) is 8.27. The molecule has 1 rings (SSSR count). The van der Waals surface area contributed by atoms with Crippen LogP contribution in [0.1, 0.15) is 10.9 Å². The van der Waals surface area contributed by atoms with E-state index in [0.717, 1.165) is 0 Å². The third kappa shape index (κ3) is 2.17. The van der Waals surface area contributed by atoms with Crippen LogP contribution in [0.15, 0.2) is 18.3 Å². The van der Waals surface area contributed by atoms with Gasteiger partial charge in [-0.15, -0.1) is 11.6 Å². The highest BCUT2D eigenvalue weighted by Gasteiger charge is 2.05. The van der Waals surface area contributed by atoms with Crippen LogP contribution in [-0.2, 0) is 4.79 Å². The smallest absolute Gasteiger partial charge is 0.142 e. The first-order valence-electron chi connectivity index (χ1n) is 2.95. The van der Waals surface area contributed by atoms with Gasteiger partial charge in [-0.25, -0.2) is 4.98 Å². The number of hydrogen-bond acceptors (Lipinski definition) is 2. The molecule has 58 valence electrons. The number of carbonyl (C=O) groups is 1. The quantitative estimate of drug-likeness (QED) is 0.406. The number of aromatic nitrogens is 1. The van der Waals surface area contributed by atoms with Crippen LogP contribution in [0, 0.1) is 0 Å². The lowest BCUT2D eigenvalue weighted by Gasteiger charge is -1.99. The van der Waals surface area contributed by atoms with Crippen molar-refractivity contribution in [3.63, 3.8) is 0 Å². The lowest BCUT2D eigenvalue weighted by molar-refractivity contribution is -0.107. The molecule has 0 fully saturated rings. The van der Waals surface area contributed by atoms with Crippen LogP contribution < -0.4 is 0 Å². The van der Waals surface area contributed by atoms with Crippen LogP contribution in [0.25, 0.3) is 0 Å². The van der Waals surface area contributed by atoms with Gasteiger partial charge in [0, 0.05) is 6.20 Å². The first-order chi connectivity index (χ1) is 5.24. The summed E-state index contributed by atoms with van der Waals surface area (Å²) < 4.78 is 0. The Morgan fingerprint density at radius 1 is 1.64 bits per heavy atom. The Bertz CT molecular complexity index is 264. The molecule has 0 aliphatic carbocycles. The van der Waals surface area contributed by atoms with Crippen molar-refractivity contribution in [2.24, 2.45) is 0 Å². The summed E-state index contributed by atoms with van der Waals surface area (Å²) in [5, 5.41) is -0.287. The number of halogens is 2. The first-order valence-corrected chi connectivity index (χ1v) is 3.76. The van der Waals surface area contributed by atoms with E-state index in [4.69, 9.17) is 23.2 Å². The number of aldehydes is 1. The monoisotopic (exact) mass is 189 g/mol. The lowest BCUT2D eigenvalue weighted by atomic mass is 10.2. The lowest BCUT2D eigenvalue weighted by Crippen LogP contribution is -1.91. The van der Waals surface area contributed by atoms with Gasteiger partial charge in [-0.3, -0.25) is 0 Å². The molecule has 0 saturated carbocycles. The van der Waals surface area contributed by atoms with E-state index >= 15 is 0 Å². The number of nitrogens with zero attached hydrogens (tertiary/aromatic N) is 1. The fourth-order valence-electron chi connectivity index (χ4n) is 0.668. The third-order valence-electron chi connectivity index (χ3n) is 1.19. The zero-order valence-electron chi connectivity index (χ0n) is 5.50. The molecule has 0 N–H and O–H groups in total. The molecule has 1 atom stereocenters. The van der Waals surface area contributed by atoms with Crippen LogP contribution in [0.3, 0.4) is 0 Å². The Morgan fingerprint density at radius 2 is 2.36 bits per heavy atom. The summed E-state index contributed by atoms with van der Waals surface area (Å²) in [6, 6.07) is 3.21. The second-order valence-corrected chi connectivity index (χ2v) is 2.81. The standard InChI is InChI=1S/C7H5Cl2NO/c8-6(4-11)5-1-2-10-7(9)3-5/h1-4,6H/t6-/m1/s1. The predicted octanol–water partition coefficient (Wildman–Crippen LogP) is 2.21. The van der Waals surface area contributed by atoms with Gasteiger partial charge in [0.2, 0.25) is 0 Å². The fourth-order valence-corrected chi connectivity index (χ4v) is 0.986. The van der Waals surface area contributed by atoms with Gasteiger partial charge in [-0.1, -0.05) is 11.6 Å². The third-order valence-corrected chi connectivity index (χ3v) is 1.75. The highest BCUT2D eigenvalue weighted by atomic mass is 35.5. The minimum atomic E-state index is -0.629. The van der Waals surface area contributed by atoms with Gasteiger partial charge < -0.3 is 4.79 Å². The maximum absolute atomic E-state index is 10.2. The van der Waals surface area contributed by atoms with E-state index < -0.39 is 5.38 Å². The molecule has 0 unspecified atom stereocenters. The van der Waals surface area contributed by atoms with Crippen LogP contribution in [0.2, 0.25) is 5.15 Å². The molecule has 11 heavy (non-hydrogen) atoms. The van der Waals surface area contributed by atoms with Gasteiger partial charge in [-0.05, 0) is 17.7 Å². The summed E-state index contributed by atoms with van der Waals surface area (Å²) in [5.41, 5.74) is 0.668. The molecule has 0 aliphatic heterocycles. The normalized spacial score (nSPS) is 12.5. The van der Waals surface area contributed by atoms with E-state index in [1.54, 1.807) is 12.1 Å². The molecule has 4 heteroatoms. The fraction of sp³-hybridized carbons (Fsp3) is 0.143. The van der Waals surface area contributed by atoms with Gasteiger partial charge >= 0.3 is 0 Å². The average molecular weight is 190 g/mol. The molecule has 1 aromatic heterocycles. The van der Waals surface area contributed by atoms with E-state index in [0.29, 0.717) is 17.0 Å². The Balaban J connectivity index is 2.95. The summed E-state index contributed by atoms with van der Waals surface area (Å²) in [4.78, 5) is 14.0. The summed E-state index contributed by atoms with van der Waals surface area (Å²) in [6.45, 7) is 0. The molecule has 0 radical (unpaired) electrons. The van der Waals surface area contributed by atoms with E-state index in [9.17, 15) is 4.79 Å². The molecule has 0 saturated heterocycles. The summed E-state index contributed by atoms with van der Waals surface area (Å²) >= 11 is 11.2. The Hall–Kier alpha value is -0.600. The van der Waals surface area contributed by atoms with Gasteiger partial charge in [0.25, 0.3) is 0 Å². The van der Waals surface area contributed by atoms with Gasteiger partial charge in [-0.2, -0.15) is 0 Å². The van der Waals surface area contributed by atoms with E-state index in [-0.39, 0.29) is 0 Å². The highest BCUT2D eigenvalue weighted by Crippen LogP contribution is 2.19. The molecule has 0 bridgehead atoms.